The average Bonchev–Trinajstić information content (AvgIpc) is 2.93. The lowest BCUT2D eigenvalue weighted by atomic mass is 9.84. The fraction of sp³-hybridized carbons (Fsp3) is 0.533. The van der Waals surface area contributed by atoms with Crippen molar-refractivity contribution in [2.24, 2.45) is 5.92 Å². The van der Waals surface area contributed by atoms with Crippen molar-refractivity contribution in [1.82, 2.24) is 10.1 Å². The molecular weight excluding hydrogens is 309 g/mol. The number of rotatable bonds is 3. The molecule has 3 aliphatic rings. The van der Waals surface area contributed by atoms with Gasteiger partial charge < -0.3 is 19.5 Å². The molecule has 0 radical (unpaired) electrons. The van der Waals surface area contributed by atoms with Gasteiger partial charge in [0.15, 0.2) is 11.6 Å². The molecule has 1 aromatic carbocycles. The first-order valence-corrected chi connectivity index (χ1v) is 7.37. The molecule has 2 bridgehead atoms. The normalized spacial score (nSPS) is 26.7. The van der Waals surface area contributed by atoms with Crippen LogP contribution in [-0.4, -0.2) is 42.8 Å². The van der Waals surface area contributed by atoms with Crippen LogP contribution in [0.3, 0.4) is 0 Å². The van der Waals surface area contributed by atoms with E-state index < -0.39 is 5.82 Å². The van der Waals surface area contributed by atoms with Gasteiger partial charge in [-0.2, -0.15) is 4.39 Å². The number of anilines is 1. The molecule has 22 heavy (non-hydrogen) atoms. The van der Waals surface area contributed by atoms with Crippen LogP contribution in [-0.2, 0) is 0 Å². The van der Waals surface area contributed by atoms with Crippen molar-refractivity contribution in [1.29, 1.82) is 0 Å². The number of halogens is 2. The van der Waals surface area contributed by atoms with Crippen molar-refractivity contribution >= 4 is 29.2 Å². The molecule has 1 aromatic heterocycles. The third-order valence-electron chi connectivity index (χ3n) is 4.74. The molecule has 0 saturated carbocycles. The molecule has 1 unspecified atom stereocenters. The zero-order valence-corrected chi connectivity index (χ0v) is 13.2. The second-order valence-electron chi connectivity index (χ2n) is 5.88. The number of fused-ring (bicyclic) bond motifs is 4. The van der Waals surface area contributed by atoms with Crippen LogP contribution < -0.4 is 10.1 Å². The maximum absolute atomic E-state index is 14.1. The lowest BCUT2D eigenvalue weighted by Crippen LogP contribution is -2.53. The summed E-state index contributed by atoms with van der Waals surface area (Å²) in [5.41, 5.74) is 0.151. The predicted molar refractivity (Wildman–Crippen MR) is 84.3 cm³/mol. The highest BCUT2D eigenvalue weighted by molar-refractivity contribution is 5.89. The Morgan fingerprint density at radius 2 is 2.14 bits per heavy atom. The van der Waals surface area contributed by atoms with E-state index in [0.29, 0.717) is 23.2 Å². The van der Waals surface area contributed by atoms with E-state index in [-0.39, 0.29) is 23.7 Å². The molecule has 3 saturated heterocycles. The van der Waals surface area contributed by atoms with E-state index in [1.165, 1.54) is 33.0 Å². The Hall–Kier alpha value is -1.53. The maximum atomic E-state index is 14.1. The minimum atomic E-state index is -0.496. The summed E-state index contributed by atoms with van der Waals surface area (Å²) in [4.78, 5) is 2.46. The van der Waals surface area contributed by atoms with Gasteiger partial charge in [-0.05, 0) is 44.0 Å². The van der Waals surface area contributed by atoms with Crippen LogP contribution in [0.5, 0.6) is 5.75 Å². The van der Waals surface area contributed by atoms with Gasteiger partial charge in [0.2, 0.25) is 11.4 Å². The number of aromatic nitrogens is 1. The molecule has 7 heteroatoms. The van der Waals surface area contributed by atoms with Crippen LogP contribution in [0.15, 0.2) is 16.7 Å². The maximum Gasteiger partial charge on any atom is 0.211 e. The van der Waals surface area contributed by atoms with Crippen molar-refractivity contribution < 1.29 is 13.7 Å². The first kappa shape index (κ1) is 15.4. The highest BCUT2D eigenvalue weighted by atomic mass is 35.5. The smallest absolute Gasteiger partial charge is 0.211 e. The van der Waals surface area contributed by atoms with Crippen molar-refractivity contribution in [3.8, 4) is 5.75 Å². The molecule has 1 atom stereocenters. The molecule has 2 aromatic rings. The fourth-order valence-corrected chi connectivity index (χ4v) is 3.52. The number of hydrogen-bond donors (Lipinski definition) is 1. The second-order valence-corrected chi connectivity index (χ2v) is 5.88. The van der Waals surface area contributed by atoms with E-state index in [9.17, 15) is 4.39 Å². The van der Waals surface area contributed by atoms with Gasteiger partial charge in [-0.25, -0.2) is 0 Å². The van der Waals surface area contributed by atoms with E-state index in [1.54, 1.807) is 12.1 Å². The summed E-state index contributed by atoms with van der Waals surface area (Å²) < 4.78 is 24.2. The molecule has 3 aliphatic heterocycles. The van der Waals surface area contributed by atoms with Crippen LogP contribution in [0.4, 0.5) is 10.2 Å². The van der Waals surface area contributed by atoms with Gasteiger partial charge in [-0.1, -0.05) is 5.16 Å². The number of methoxy groups -OCH3 is 1. The van der Waals surface area contributed by atoms with Crippen LogP contribution >= 0.6 is 12.4 Å². The summed E-state index contributed by atoms with van der Waals surface area (Å²) in [5, 5.41) is 8.13. The Balaban J connectivity index is 0.00000144. The number of nitrogens with one attached hydrogen (secondary N) is 1. The van der Waals surface area contributed by atoms with Crippen LogP contribution in [0.25, 0.3) is 11.0 Å². The summed E-state index contributed by atoms with van der Waals surface area (Å²) in [5.74, 6) is 0.979. The predicted octanol–water partition coefficient (Wildman–Crippen LogP) is 2.90. The van der Waals surface area contributed by atoms with Gasteiger partial charge in [0.1, 0.15) is 0 Å². The Morgan fingerprint density at radius 1 is 1.36 bits per heavy atom. The van der Waals surface area contributed by atoms with Crippen molar-refractivity contribution in [2.75, 3.05) is 32.1 Å². The topological polar surface area (TPSA) is 50.5 Å². The fourth-order valence-electron chi connectivity index (χ4n) is 3.52. The van der Waals surface area contributed by atoms with E-state index in [2.05, 4.69) is 15.4 Å². The third kappa shape index (κ3) is 2.40. The highest BCUT2D eigenvalue weighted by Crippen LogP contribution is 2.34. The number of benzene rings is 1. The first-order chi connectivity index (χ1) is 10.3. The molecule has 5 rings (SSSR count). The summed E-state index contributed by atoms with van der Waals surface area (Å²) in [7, 11) is 1.44. The zero-order chi connectivity index (χ0) is 14.4. The van der Waals surface area contributed by atoms with Gasteiger partial charge in [0, 0.05) is 12.6 Å². The van der Waals surface area contributed by atoms with Gasteiger partial charge in [-0.15, -0.1) is 12.4 Å². The second kappa shape index (κ2) is 5.93. The Morgan fingerprint density at radius 3 is 2.77 bits per heavy atom. The summed E-state index contributed by atoms with van der Waals surface area (Å²) in [6.07, 6.45) is 2.44. The van der Waals surface area contributed by atoms with E-state index in [4.69, 9.17) is 9.26 Å². The largest absolute Gasteiger partial charge is 0.494 e. The minimum absolute atomic E-state index is 0. The van der Waals surface area contributed by atoms with Gasteiger partial charge in [-0.3, -0.25) is 0 Å². The molecule has 3 fully saturated rings. The van der Waals surface area contributed by atoms with Crippen LogP contribution in [0, 0.1) is 11.7 Å². The average molecular weight is 328 g/mol. The molecule has 1 N–H and O–H groups in total. The third-order valence-corrected chi connectivity index (χ3v) is 4.74. The molecule has 0 spiro atoms. The first-order valence-electron chi connectivity index (χ1n) is 7.37. The standard InChI is InChI=1S/C15H18FN3O2.ClH/c1-20-12-3-2-10-14(13(12)16)21-18-15(10)17-11-8-19-6-4-9(11)5-7-19;/h2-3,9,11H,4-8H2,1H3,(H,17,18);1H. The van der Waals surface area contributed by atoms with E-state index in [1.807, 2.05) is 0 Å². The monoisotopic (exact) mass is 327 g/mol. The van der Waals surface area contributed by atoms with Crippen molar-refractivity contribution in [3.63, 3.8) is 0 Å². The summed E-state index contributed by atoms with van der Waals surface area (Å²) in [6, 6.07) is 3.76. The molecular formula is C15H19ClFN3O2. The zero-order valence-electron chi connectivity index (χ0n) is 12.3. The van der Waals surface area contributed by atoms with Gasteiger partial charge >= 0.3 is 0 Å². The summed E-state index contributed by atoms with van der Waals surface area (Å²) in [6.45, 7) is 3.40. The molecule has 5 nitrogen and oxygen atoms in total. The van der Waals surface area contributed by atoms with Gasteiger partial charge in [0.05, 0.1) is 12.5 Å². The minimum Gasteiger partial charge on any atom is -0.494 e. The van der Waals surface area contributed by atoms with Crippen LogP contribution in [0.2, 0.25) is 0 Å². The van der Waals surface area contributed by atoms with Crippen LogP contribution in [0.1, 0.15) is 12.8 Å². The quantitative estimate of drug-likeness (QED) is 0.939. The number of ether oxygens (including phenoxy) is 1. The lowest BCUT2D eigenvalue weighted by Gasteiger charge is -2.44. The lowest BCUT2D eigenvalue weighted by molar-refractivity contribution is 0.0973. The Bertz CT molecular complexity index is 670. The SMILES string of the molecule is COc1ccc2c(NC3CN4CCC3CC4)noc2c1F.Cl. The molecule has 120 valence electrons. The van der Waals surface area contributed by atoms with Crippen molar-refractivity contribution in [3.05, 3.63) is 17.9 Å². The Labute approximate surface area is 134 Å². The number of hydrogen-bond acceptors (Lipinski definition) is 5. The van der Waals surface area contributed by atoms with E-state index in [0.717, 1.165) is 6.54 Å². The van der Waals surface area contributed by atoms with E-state index >= 15 is 0 Å². The molecule has 0 aliphatic carbocycles. The summed E-state index contributed by atoms with van der Waals surface area (Å²) >= 11 is 0. The highest BCUT2D eigenvalue weighted by Gasteiger charge is 2.34. The molecule has 0 amide bonds. The van der Waals surface area contributed by atoms with Gasteiger partial charge in [0.25, 0.3) is 0 Å². The number of nitrogens with zero attached hydrogens (tertiary/aromatic N) is 2. The number of piperidine rings is 3. The Kier molecular flexibility index (Phi) is 4.14. The van der Waals surface area contributed by atoms with Crippen molar-refractivity contribution in [2.45, 2.75) is 18.9 Å². The molecule has 4 heterocycles.